The number of benzene rings is 1. The molecule has 1 aliphatic heterocycles. The van der Waals surface area contributed by atoms with Crippen LogP contribution >= 0.6 is 11.3 Å². The van der Waals surface area contributed by atoms with Gasteiger partial charge in [-0.05, 0) is 36.9 Å². The van der Waals surface area contributed by atoms with Crippen LogP contribution in [-0.4, -0.2) is 25.2 Å². The van der Waals surface area contributed by atoms with E-state index in [2.05, 4.69) is 0 Å². The molecule has 0 bridgehead atoms. The number of sulfonamides is 1. The highest BCUT2D eigenvalue weighted by atomic mass is 32.2. The molecule has 0 N–H and O–H groups in total. The van der Waals surface area contributed by atoms with Gasteiger partial charge >= 0.3 is 0 Å². The summed E-state index contributed by atoms with van der Waals surface area (Å²) in [6.45, 7) is 2.07. The number of nitrogens with zero attached hydrogens (tertiary/aromatic N) is 1. The fourth-order valence-electron chi connectivity index (χ4n) is 2.35. The van der Waals surface area contributed by atoms with Gasteiger partial charge in [-0.3, -0.25) is 4.79 Å². The minimum atomic E-state index is -3.80. The average molecular weight is 333 g/mol. The molecule has 0 saturated carbocycles. The van der Waals surface area contributed by atoms with Gasteiger partial charge in [0.15, 0.2) is 0 Å². The first-order valence-corrected chi connectivity index (χ1v) is 9.20. The minimum absolute atomic E-state index is 0.152. The lowest BCUT2D eigenvalue weighted by Crippen LogP contribution is -2.40. The van der Waals surface area contributed by atoms with Gasteiger partial charge in [-0.1, -0.05) is 29.8 Å². The first-order chi connectivity index (χ1) is 10.5. The summed E-state index contributed by atoms with van der Waals surface area (Å²) < 4.78 is 26.4. The van der Waals surface area contributed by atoms with Gasteiger partial charge in [0.25, 0.3) is 15.9 Å². The van der Waals surface area contributed by atoms with Gasteiger partial charge < -0.3 is 0 Å². The number of carbonyl (C=O) groups excluding carboxylic acids is 1. The third kappa shape index (κ3) is 2.60. The third-order valence-electron chi connectivity index (χ3n) is 3.53. The van der Waals surface area contributed by atoms with E-state index in [9.17, 15) is 13.2 Å². The Bertz CT molecular complexity index is 819. The molecular weight excluding hydrogens is 318 g/mol. The average Bonchev–Trinajstić information content (AvgIpc) is 3.02. The molecule has 6 heteroatoms. The predicted octanol–water partition coefficient (Wildman–Crippen LogP) is 3.06. The lowest BCUT2D eigenvalue weighted by atomic mass is 10.1. The highest BCUT2D eigenvalue weighted by Crippen LogP contribution is 2.29. The van der Waals surface area contributed by atoms with Gasteiger partial charge in [0.2, 0.25) is 0 Å². The summed E-state index contributed by atoms with van der Waals surface area (Å²) in [4.78, 5) is 13.5. The van der Waals surface area contributed by atoms with Crippen LogP contribution in [0.2, 0.25) is 0 Å². The van der Waals surface area contributed by atoms with Crippen molar-refractivity contribution < 1.29 is 13.2 Å². The number of hydrogen-bond acceptors (Lipinski definition) is 4. The standard InChI is InChI=1S/C16H15NO3S2/c1-12-6-8-13(9-7-12)22(19,20)17-10-2-4-14(16(17)18)15-5-3-11-21-15/h3-9,11H,2,10H2,1H3. The van der Waals surface area contributed by atoms with Crippen molar-refractivity contribution in [2.45, 2.75) is 18.2 Å². The monoisotopic (exact) mass is 333 g/mol. The third-order valence-corrected chi connectivity index (χ3v) is 6.23. The van der Waals surface area contributed by atoms with Crippen LogP contribution in [0, 0.1) is 6.92 Å². The zero-order chi connectivity index (χ0) is 15.7. The molecule has 0 unspecified atom stereocenters. The van der Waals surface area contributed by atoms with Crippen LogP contribution in [0.1, 0.15) is 16.9 Å². The number of hydrogen-bond donors (Lipinski definition) is 0. The summed E-state index contributed by atoms with van der Waals surface area (Å²) in [7, 11) is -3.80. The van der Waals surface area contributed by atoms with E-state index in [0.717, 1.165) is 14.7 Å². The maximum Gasteiger partial charge on any atom is 0.268 e. The number of amides is 1. The molecule has 1 amide bonds. The minimum Gasteiger partial charge on any atom is -0.268 e. The molecule has 2 heterocycles. The van der Waals surface area contributed by atoms with Crippen LogP contribution in [0.5, 0.6) is 0 Å². The van der Waals surface area contributed by atoms with Gasteiger partial charge in [-0.25, -0.2) is 12.7 Å². The van der Waals surface area contributed by atoms with Crippen molar-refractivity contribution >= 4 is 32.8 Å². The first-order valence-electron chi connectivity index (χ1n) is 6.88. The molecule has 3 rings (SSSR count). The summed E-state index contributed by atoms with van der Waals surface area (Å²) in [6.07, 6.45) is 2.35. The molecule has 0 radical (unpaired) electrons. The van der Waals surface area contributed by atoms with E-state index >= 15 is 0 Å². The molecule has 0 saturated heterocycles. The normalized spacial score (nSPS) is 15.8. The molecule has 0 aliphatic carbocycles. The molecular formula is C16H15NO3S2. The first kappa shape index (κ1) is 15.0. The molecule has 114 valence electrons. The molecule has 4 nitrogen and oxygen atoms in total. The van der Waals surface area contributed by atoms with Gasteiger partial charge in [0.1, 0.15) is 0 Å². The Morgan fingerprint density at radius 1 is 1.14 bits per heavy atom. The van der Waals surface area contributed by atoms with Crippen molar-refractivity contribution in [3.05, 3.63) is 58.3 Å². The molecule has 1 aromatic carbocycles. The van der Waals surface area contributed by atoms with Crippen molar-refractivity contribution in [2.75, 3.05) is 6.54 Å². The molecule has 1 aliphatic rings. The summed E-state index contributed by atoms with van der Waals surface area (Å²) in [5, 5.41) is 1.87. The van der Waals surface area contributed by atoms with Crippen LogP contribution in [0.15, 0.2) is 52.7 Å². The van der Waals surface area contributed by atoms with Gasteiger partial charge in [0.05, 0.1) is 10.5 Å². The van der Waals surface area contributed by atoms with Crippen molar-refractivity contribution in [3.63, 3.8) is 0 Å². The Labute approximate surface area is 133 Å². The Hall–Kier alpha value is -1.92. The van der Waals surface area contributed by atoms with Crippen molar-refractivity contribution in [1.29, 1.82) is 0 Å². The molecule has 22 heavy (non-hydrogen) atoms. The van der Waals surface area contributed by atoms with Gasteiger partial charge in [-0.2, -0.15) is 0 Å². The molecule has 1 aromatic heterocycles. The highest BCUT2D eigenvalue weighted by Gasteiger charge is 2.33. The van der Waals surface area contributed by atoms with Gasteiger partial charge in [-0.15, -0.1) is 11.3 Å². The summed E-state index contributed by atoms with van der Waals surface area (Å²) in [6, 6.07) is 10.2. The predicted molar refractivity (Wildman–Crippen MR) is 87.0 cm³/mol. The number of carbonyl (C=O) groups is 1. The van der Waals surface area contributed by atoms with E-state index in [4.69, 9.17) is 0 Å². The quantitative estimate of drug-likeness (QED) is 0.867. The second-order valence-electron chi connectivity index (χ2n) is 5.08. The highest BCUT2D eigenvalue weighted by molar-refractivity contribution is 7.89. The maximum atomic E-state index is 12.7. The van der Waals surface area contributed by atoms with Crippen LogP contribution in [-0.2, 0) is 14.8 Å². The summed E-state index contributed by atoms with van der Waals surface area (Å²) in [5.74, 6) is -0.450. The van der Waals surface area contributed by atoms with E-state index in [1.165, 1.54) is 11.3 Å². The molecule has 0 fully saturated rings. The molecule has 2 aromatic rings. The van der Waals surface area contributed by atoms with E-state index in [1.807, 2.05) is 30.5 Å². The fraction of sp³-hybridized carbons (Fsp3) is 0.188. The largest absolute Gasteiger partial charge is 0.268 e. The Morgan fingerprint density at radius 3 is 2.50 bits per heavy atom. The Balaban J connectivity index is 1.97. The van der Waals surface area contributed by atoms with Crippen LogP contribution in [0.4, 0.5) is 0 Å². The topological polar surface area (TPSA) is 54.5 Å². The van der Waals surface area contributed by atoms with Crippen LogP contribution in [0.25, 0.3) is 5.57 Å². The SMILES string of the molecule is Cc1ccc(S(=O)(=O)N2CCC=C(c3cccs3)C2=O)cc1. The number of rotatable bonds is 3. The lowest BCUT2D eigenvalue weighted by Gasteiger charge is -2.26. The van der Waals surface area contributed by atoms with E-state index in [0.29, 0.717) is 12.0 Å². The van der Waals surface area contributed by atoms with Crippen molar-refractivity contribution in [1.82, 2.24) is 4.31 Å². The van der Waals surface area contributed by atoms with Gasteiger partial charge in [0, 0.05) is 11.4 Å². The van der Waals surface area contributed by atoms with Crippen LogP contribution in [0.3, 0.4) is 0 Å². The molecule has 0 atom stereocenters. The molecule has 0 spiro atoms. The van der Waals surface area contributed by atoms with Crippen molar-refractivity contribution in [3.8, 4) is 0 Å². The van der Waals surface area contributed by atoms with E-state index in [1.54, 1.807) is 24.3 Å². The number of aryl methyl sites for hydroxylation is 1. The zero-order valence-electron chi connectivity index (χ0n) is 12.0. The Morgan fingerprint density at radius 2 is 1.86 bits per heavy atom. The second kappa shape index (κ2) is 5.70. The smallest absolute Gasteiger partial charge is 0.268 e. The fourth-order valence-corrected chi connectivity index (χ4v) is 4.51. The Kier molecular flexibility index (Phi) is 3.88. The summed E-state index contributed by atoms with van der Waals surface area (Å²) in [5.41, 5.74) is 1.44. The second-order valence-corrected chi connectivity index (χ2v) is 7.89. The maximum absolute atomic E-state index is 12.7. The van der Waals surface area contributed by atoms with E-state index < -0.39 is 15.9 Å². The zero-order valence-corrected chi connectivity index (χ0v) is 13.7. The number of thiophene rings is 1. The lowest BCUT2D eigenvalue weighted by molar-refractivity contribution is -0.120. The van der Waals surface area contributed by atoms with Crippen LogP contribution < -0.4 is 0 Å². The van der Waals surface area contributed by atoms with Crippen molar-refractivity contribution in [2.24, 2.45) is 0 Å². The summed E-state index contributed by atoms with van der Waals surface area (Å²) >= 11 is 1.43. The van der Waals surface area contributed by atoms with E-state index in [-0.39, 0.29) is 11.4 Å².